The zero-order valence-corrected chi connectivity index (χ0v) is 8.67. The summed E-state index contributed by atoms with van der Waals surface area (Å²) in [4.78, 5) is 0. The Morgan fingerprint density at radius 3 is 1.50 bits per heavy atom. The highest BCUT2D eigenvalue weighted by atomic mass is 35.6. The third-order valence-corrected chi connectivity index (χ3v) is 0.500. The lowest BCUT2D eigenvalue weighted by molar-refractivity contribution is 0.0899. The molecule has 0 N–H and O–H groups in total. The van der Waals surface area contributed by atoms with E-state index in [4.69, 9.17) is 39.5 Å². The summed E-state index contributed by atoms with van der Waals surface area (Å²) in [6, 6.07) is 0. The van der Waals surface area contributed by atoms with Crippen LogP contribution in [0.2, 0.25) is 0 Å². The van der Waals surface area contributed by atoms with Gasteiger partial charge < -0.3 is 4.74 Å². The monoisotopic (exact) mass is 206 g/mol. The Kier molecular flexibility index (Phi) is 13.2. The van der Waals surface area contributed by atoms with Gasteiger partial charge in [0.2, 0.25) is 0 Å². The molecule has 1 nitrogen and oxygen atoms in total. The molecule has 0 aromatic rings. The molecule has 0 aliphatic carbocycles. The second-order valence-corrected chi connectivity index (χ2v) is 3.73. The summed E-state index contributed by atoms with van der Waals surface area (Å²) in [5, 5.41) is 0. The largest absolute Gasteiger partial charge is 0.379 e. The van der Waals surface area contributed by atoms with E-state index in [1.807, 2.05) is 20.8 Å². The van der Waals surface area contributed by atoms with Crippen LogP contribution < -0.4 is 0 Å². The third-order valence-electron chi connectivity index (χ3n) is 0.500. The fraction of sp³-hybridized carbons (Fsp3) is 1.00. The van der Waals surface area contributed by atoms with Gasteiger partial charge in [-0.3, -0.25) is 0 Å². The van der Waals surface area contributed by atoms with E-state index in [0.29, 0.717) is 6.10 Å². The number of alkyl halides is 3. The van der Waals surface area contributed by atoms with Crippen molar-refractivity contribution in [3.8, 4) is 0 Å². The maximum absolute atomic E-state index is 5.04. The van der Waals surface area contributed by atoms with E-state index in [1.165, 1.54) is 0 Å². The summed E-state index contributed by atoms with van der Waals surface area (Å²) < 4.78 is 4.29. The zero-order chi connectivity index (χ0) is 8.57. The number of rotatable bonds is 2. The first-order chi connectivity index (χ1) is 4.50. The standard InChI is InChI=1S/C5H12O.CHCl3/c1-4-6-5(2)3;2-1(3)4/h5H,4H2,1-3H3;1H. The SMILES string of the molecule is CCOC(C)C.ClC(Cl)Cl. The van der Waals surface area contributed by atoms with Crippen LogP contribution in [0.1, 0.15) is 20.8 Å². The quantitative estimate of drug-likeness (QED) is 0.631. The molecule has 0 spiro atoms. The Hall–Kier alpha value is 0.830. The summed E-state index contributed by atoms with van der Waals surface area (Å²) in [6.07, 6.45) is 0.398. The van der Waals surface area contributed by atoms with Gasteiger partial charge >= 0.3 is 0 Å². The van der Waals surface area contributed by atoms with Gasteiger partial charge in [-0.15, -0.1) is 0 Å². The third kappa shape index (κ3) is 36.9. The average molecular weight is 208 g/mol. The van der Waals surface area contributed by atoms with Gasteiger partial charge in [-0.25, -0.2) is 0 Å². The van der Waals surface area contributed by atoms with Crippen molar-refractivity contribution in [1.29, 1.82) is 0 Å². The zero-order valence-electron chi connectivity index (χ0n) is 6.40. The van der Waals surface area contributed by atoms with E-state index in [0.717, 1.165) is 6.61 Å². The van der Waals surface area contributed by atoms with Gasteiger partial charge in [0.05, 0.1) is 6.10 Å². The predicted molar refractivity (Wildman–Crippen MR) is 48.1 cm³/mol. The van der Waals surface area contributed by atoms with Gasteiger partial charge in [-0.1, -0.05) is 34.8 Å². The van der Waals surface area contributed by atoms with E-state index >= 15 is 0 Å². The topological polar surface area (TPSA) is 9.23 Å². The summed E-state index contributed by atoms with van der Waals surface area (Å²) in [7, 11) is 0. The number of ether oxygens (including phenoxy) is 1. The molecule has 0 atom stereocenters. The van der Waals surface area contributed by atoms with Crippen LogP contribution in [0.5, 0.6) is 0 Å². The molecule has 0 aliphatic rings. The predicted octanol–water partition coefficient (Wildman–Crippen LogP) is 3.42. The van der Waals surface area contributed by atoms with Crippen molar-refractivity contribution in [2.75, 3.05) is 6.61 Å². The summed E-state index contributed by atoms with van der Waals surface area (Å²) in [5.41, 5.74) is 0. The molecule has 0 fully saturated rings. The number of hydrogen-bond donors (Lipinski definition) is 0. The Balaban J connectivity index is 0. The van der Waals surface area contributed by atoms with Crippen molar-refractivity contribution in [2.24, 2.45) is 0 Å². The summed E-state index contributed by atoms with van der Waals surface area (Å²) in [6.45, 7) is 6.89. The summed E-state index contributed by atoms with van der Waals surface area (Å²) in [5.74, 6) is 0. The molecule has 0 saturated heterocycles. The van der Waals surface area contributed by atoms with E-state index < -0.39 is 4.30 Å². The minimum Gasteiger partial charge on any atom is -0.379 e. The Labute approximate surface area is 77.6 Å². The second-order valence-electron chi connectivity index (χ2n) is 1.75. The van der Waals surface area contributed by atoms with E-state index in [2.05, 4.69) is 0 Å². The molecule has 0 bridgehead atoms. The first-order valence-corrected chi connectivity index (χ1v) is 4.35. The molecule has 10 heavy (non-hydrogen) atoms. The normalized spacial score (nSPS) is 9.60. The highest BCUT2D eigenvalue weighted by molar-refractivity contribution is 6.63. The highest BCUT2D eigenvalue weighted by Crippen LogP contribution is 2.03. The molecule has 0 radical (unpaired) electrons. The number of halogens is 3. The average Bonchev–Trinajstić information content (AvgIpc) is 1.62. The molecule has 0 aromatic carbocycles. The summed E-state index contributed by atoms with van der Waals surface area (Å²) >= 11 is 14.4. The molecule has 0 rings (SSSR count). The first-order valence-electron chi connectivity index (χ1n) is 3.04. The second kappa shape index (κ2) is 9.83. The van der Waals surface area contributed by atoms with Crippen LogP contribution >= 0.6 is 34.8 Å². The van der Waals surface area contributed by atoms with E-state index in [1.54, 1.807) is 0 Å². The van der Waals surface area contributed by atoms with Gasteiger partial charge in [-0.2, -0.15) is 0 Å². The fourth-order valence-corrected chi connectivity index (χ4v) is 0.333. The van der Waals surface area contributed by atoms with Crippen molar-refractivity contribution >= 4 is 34.8 Å². The van der Waals surface area contributed by atoms with Crippen LogP contribution in [-0.2, 0) is 4.74 Å². The maximum atomic E-state index is 5.04. The molecule has 4 heteroatoms. The van der Waals surface area contributed by atoms with Crippen LogP contribution in [0.4, 0.5) is 0 Å². The van der Waals surface area contributed by atoms with Crippen molar-refractivity contribution in [2.45, 2.75) is 31.2 Å². The minimum absolute atomic E-state index is 0.398. The Morgan fingerprint density at radius 2 is 1.50 bits per heavy atom. The molecule has 0 unspecified atom stereocenters. The molecular formula is C6H13Cl3O. The minimum atomic E-state index is -0.750. The Morgan fingerprint density at radius 1 is 1.20 bits per heavy atom. The first kappa shape index (κ1) is 13.4. The fourth-order valence-electron chi connectivity index (χ4n) is 0.333. The molecular weight excluding hydrogens is 194 g/mol. The molecule has 64 valence electrons. The maximum Gasteiger partial charge on any atom is 0.180 e. The van der Waals surface area contributed by atoms with Gasteiger partial charge in [-0.05, 0) is 20.8 Å². The van der Waals surface area contributed by atoms with Crippen molar-refractivity contribution < 1.29 is 4.74 Å². The number of hydrogen-bond acceptors (Lipinski definition) is 1. The van der Waals surface area contributed by atoms with Crippen molar-refractivity contribution in [3.63, 3.8) is 0 Å². The van der Waals surface area contributed by atoms with Gasteiger partial charge in [0.1, 0.15) is 0 Å². The van der Waals surface area contributed by atoms with E-state index in [9.17, 15) is 0 Å². The van der Waals surface area contributed by atoms with Crippen molar-refractivity contribution in [1.82, 2.24) is 0 Å². The molecule has 0 saturated carbocycles. The van der Waals surface area contributed by atoms with E-state index in [-0.39, 0.29) is 0 Å². The lowest BCUT2D eigenvalue weighted by Crippen LogP contribution is -1.99. The van der Waals surface area contributed by atoms with Gasteiger partial charge in [0, 0.05) is 6.61 Å². The van der Waals surface area contributed by atoms with Crippen LogP contribution in [0.25, 0.3) is 0 Å². The molecule has 0 amide bonds. The molecule has 0 aromatic heterocycles. The smallest absolute Gasteiger partial charge is 0.180 e. The lowest BCUT2D eigenvalue weighted by Gasteiger charge is -2.00. The van der Waals surface area contributed by atoms with Crippen LogP contribution in [0, 0.1) is 0 Å². The van der Waals surface area contributed by atoms with Gasteiger partial charge in [0.25, 0.3) is 0 Å². The van der Waals surface area contributed by atoms with Crippen LogP contribution in [0.15, 0.2) is 0 Å². The Bertz CT molecular complexity index is 54.2. The van der Waals surface area contributed by atoms with Gasteiger partial charge in [0.15, 0.2) is 4.30 Å². The van der Waals surface area contributed by atoms with Crippen molar-refractivity contribution in [3.05, 3.63) is 0 Å². The molecule has 0 heterocycles. The highest BCUT2D eigenvalue weighted by Gasteiger charge is 1.83. The lowest BCUT2D eigenvalue weighted by atomic mass is 10.5. The van der Waals surface area contributed by atoms with Crippen LogP contribution in [0.3, 0.4) is 0 Å². The van der Waals surface area contributed by atoms with Crippen LogP contribution in [-0.4, -0.2) is 17.0 Å². The molecule has 0 aliphatic heterocycles.